The molecule has 1 aromatic rings. The number of nitrogens with one attached hydrogen (secondary N) is 1. The molecule has 0 bridgehead atoms. The fraction of sp³-hybridized carbons (Fsp3) is 0.600. The molecule has 1 aliphatic heterocycles. The highest BCUT2D eigenvalue weighted by Gasteiger charge is 2.22. The highest BCUT2D eigenvalue weighted by atomic mass is 35.5. The predicted octanol–water partition coefficient (Wildman–Crippen LogP) is 3.24. The van der Waals surface area contributed by atoms with E-state index in [9.17, 15) is 4.39 Å². The Labute approximate surface area is 134 Å². The third-order valence-corrected chi connectivity index (χ3v) is 4.28. The van der Waals surface area contributed by atoms with Crippen LogP contribution in [0.5, 0.6) is 5.75 Å². The van der Waals surface area contributed by atoms with Crippen LogP contribution in [0.15, 0.2) is 24.3 Å². The van der Waals surface area contributed by atoms with Gasteiger partial charge in [-0.05, 0) is 37.3 Å². The van der Waals surface area contributed by atoms with E-state index in [0.717, 1.165) is 37.5 Å². The third kappa shape index (κ3) is 5.58. The van der Waals surface area contributed by atoms with E-state index in [-0.39, 0.29) is 25.1 Å². The lowest BCUT2D eigenvalue weighted by atomic mass is 10.1. The van der Waals surface area contributed by atoms with Crippen molar-refractivity contribution in [3.63, 3.8) is 0 Å². The summed E-state index contributed by atoms with van der Waals surface area (Å²) in [5.74, 6) is 0.894. The van der Waals surface area contributed by atoms with E-state index in [0.29, 0.717) is 0 Å². The fourth-order valence-corrected chi connectivity index (χ4v) is 3.35. The number of hydrogen-bond acceptors (Lipinski definition) is 3. The standard InChI is InChI=1S/C15H25FN2OSi.ClH/c1-20(2,3)19-14-6-4-13(5-7-14)15(12-16)18-10-8-17-9-11-18;/h4-7,15,17H,8-12H2,1-3H3;1H/t15-;/m1./s1. The summed E-state index contributed by atoms with van der Waals surface area (Å²) in [5.41, 5.74) is 1.04. The minimum Gasteiger partial charge on any atom is -0.544 e. The molecule has 21 heavy (non-hydrogen) atoms. The Kier molecular flexibility index (Phi) is 7.13. The molecule has 1 N–H and O–H groups in total. The first-order valence-corrected chi connectivity index (χ1v) is 10.7. The van der Waals surface area contributed by atoms with E-state index in [2.05, 4.69) is 29.9 Å². The summed E-state index contributed by atoms with van der Waals surface area (Å²) in [6, 6.07) is 7.82. The Morgan fingerprint density at radius 1 is 1.19 bits per heavy atom. The lowest BCUT2D eigenvalue weighted by Crippen LogP contribution is -2.45. The van der Waals surface area contributed by atoms with Gasteiger partial charge < -0.3 is 9.74 Å². The highest BCUT2D eigenvalue weighted by Crippen LogP contribution is 2.25. The minimum atomic E-state index is -1.58. The van der Waals surface area contributed by atoms with E-state index in [1.807, 2.05) is 24.3 Å². The van der Waals surface area contributed by atoms with Crippen molar-refractivity contribution < 1.29 is 8.82 Å². The first kappa shape index (κ1) is 18.4. The maximum Gasteiger partial charge on any atom is 0.242 e. The highest BCUT2D eigenvalue weighted by molar-refractivity contribution is 6.70. The van der Waals surface area contributed by atoms with Crippen molar-refractivity contribution in [2.45, 2.75) is 25.7 Å². The van der Waals surface area contributed by atoms with Crippen LogP contribution < -0.4 is 9.74 Å². The van der Waals surface area contributed by atoms with Crippen LogP contribution in [0.2, 0.25) is 19.6 Å². The molecule has 0 aliphatic carbocycles. The van der Waals surface area contributed by atoms with Gasteiger partial charge in [0.25, 0.3) is 0 Å². The zero-order chi connectivity index (χ0) is 14.6. The Bertz CT molecular complexity index is 419. The SMILES string of the molecule is C[Si](C)(C)Oc1ccc([C@@H](CF)N2CCNCC2)cc1.Cl. The van der Waals surface area contributed by atoms with Crippen molar-refractivity contribution in [1.82, 2.24) is 10.2 Å². The van der Waals surface area contributed by atoms with Gasteiger partial charge in [-0.2, -0.15) is 0 Å². The van der Waals surface area contributed by atoms with Gasteiger partial charge in [0.2, 0.25) is 8.32 Å². The molecule has 120 valence electrons. The van der Waals surface area contributed by atoms with Gasteiger partial charge in [0, 0.05) is 26.2 Å². The average molecular weight is 333 g/mol. The van der Waals surface area contributed by atoms with Gasteiger partial charge in [-0.3, -0.25) is 4.90 Å². The number of hydrogen-bond donors (Lipinski definition) is 1. The van der Waals surface area contributed by atoms with E-state index in [1.165, 1.54) is 0 Å². The first-order valence-electron chi connectivity index (χ1n) is 7.29. The largest absolute Gasteiger partial charge is 0.544 e. The third-order valence-electron chi connectivity index (χ3n) is 3.43. The molecule has 0 amide bonds. The Morgan fingerprint density at radius 2 is 1.76 bits per heavy atom. The van der Waals surface area contributed by atoms with Crippen molar-refractivity contribution in [1.29, 1.82) is 0 Å². The zero-order valence-corrected chi connectivity index (χ0v) is 14.9. The van der Waals surface area contributed by atoms with Crippen molar-refractivity contribution in [3.05, 3.63) is 29.8 Å². The molecule has 6 heteroatoms. The second-order valence-corrected chi connectivity index (χ2v) is 10.7. The molecule has 3 nitrogen and oxygen atoms in total. The summed E-state index contributed by atoms with van der Waals surface area (Å²) in [6.45, 7) is 9.82. The van der Waals surface area contributed by atoms with Crippen LogP contribution in [0, 0.1) is 0 Å². The van der Waals surface area contributed by atoms with Crippen LogP contribution in [0.1, 0.15) is 11.6 Å². The molecule has 1 aliphatic rings. The van der Waals surface area contributed by atoms with Gasteiger partial charge in [-0.15, -0.1) is 12.4 Å². The monoisotopic (exact) mass is 332 g/mol. The van der Waals surface area contributed by atoms with E-state index in [4.69, 9.17) is 4.43 Å². The molecule has 0 unspecified atom stereocenters. The smallest absolute Gasteiger partial charge is 0.242 e. The summed E-state index contributed by atoms with van der Waals surface area (Å²) < 4.78 is 19.4. The summed E-state index contributed by atoms with van der Waals surface area (Å²) in [6.07, 6.45) is 0. The second-order valence-electron chi connectivity index (χ2n) is 6.24. The summed E-state index contributed by atoms with van der Waals surface area (Å²) in [5, 5.41) is 3.30. The molecule has 1 atom stereocenters. The normalized spacial score (nSPS) is 17.9. The van der Waals surface area contributed by atoms with Crippen LogP contribution in [0.3, 0.4) is 0 Å². The number of benzene rings is 1. The van der Waals surface area contributed by atoms with Gasteiger partial charge in [-0.25, -0.2) is 4.39 Å². The summed E-state index contributed by atoms with van der Waals surface area (Å²) in [7, 11) is -1.58. The molecule has 0 spiro atoms. The van der Waals surface area contributed by atoms with Gasteiger partial charge in [0.05, 0.1) is 6.04 Å². The number of piperazine rings is 1. The molecule has 0 radical (unpaired) electrons. The van der Waals surface area contributed by atoms with Crippen LogP contribution >= 0.6 is 12.4 Å². The second kappa shape index (κ2) is 8.13. The summed E-state index contributed by atoms with van der Waals surface area (Å²) >= 11 is 0. The van der Waals surface area contributed by atoms with Crippen molar-refractivity contribution in [3.8, 4) is 5.75 Å². The van der Waals surface area contributed by atoms with Crippen LogP contribution in [-0.2, 0) is 0 Å². The molecule has 2 rings (SSSR count). The van der Waals surface area contributed by atoms with E-state index < -0.39 is 8.32 Å². The maximum absolute atomic E-state index is 13.4. The quantitative estimate of drug-likeness (QED) is 0.838. The van der Waals surface area contributed by atoms with Crippen molar-refractivity contribution >= 4 is 20.7 Å². The number of alkyl halides is 1. The fourth-order valence-electron chi connectivity index (χ4n) is 2.50. The Morgan fingerprint density at radius 3 is 2.24 bits per heavy atom. The molecule has 0 aromatic heterocycles. The van der Waals surface area contributed by atoms with E-state index >= 15 is 0 Å². The molecular weight excluding hydrogens is 307 g/mol. The van der Waals surface area contributed by atoms with Gasteiger partial charge >= 0.3 is 0 Å². The van der Waals surface area contributed by atoms with E-state index in [1.54, 1.807) is 0 Å². The molecule has 1 fully saturated rings. The maximum atomic E-state index is 13.4. The average Bonchev–Trinajstić information content (AvgIpc) is 2.41. The van der Waals surface area contributed by atoms with Crippen LogP contribution in [0.4, 0.5) is 4.39 Å². The lowest BCUT2D eigenvalue weighted by molar-refractivity contribution is 0.147. The molecule has 1 heterocycles. The van der Waals surface area contributed by atoms with Crippen LogP contribution in [0.25, 0.3) is 0 Å². The van der Waals surface area contributed by atoms with Gasteiger partial charge in [-0.1, -0.05) is 12.1 Å². The molecule has 0 saturated carbocycles. The van der Waals surface area contributed by atoms with Crippen molar-refractivity contribution in [2.24, 2.45) is 0 Å². The molecule has 1 saturated heterocycles. The molecule has 1 aromatic carbocycles. The first-order chi connectivity index (χ1) is 9.49. The molecular formula is C15H26ClFN2OSi. The summed E-state index contributed by atoms with van der Waals surface area (Å²) in [4.78, 5) is 2.21. The van der Waals surface area contributed by atoms with Gasteiger partial charge in [0.1, 0.15) is 12.4 Å². The van der Waals surface area contributed by atoms with Crippen molar-refractivity contribution in [2.75, 3.05) is 32.9 Å². The minimum absolute atomic E-state index is 0. The lowest BCUT2D eigenvalue weighted by Gasteiger charge is -2.33. The number of nitrogens with zero attached hydrogens (tertiary/aromatic N) is 1. The predicted molar refractivity (Wildman–Crippen MR) is 90.8 cm³/mol. The topological polar surface area (TPSA) is 24.5 Å². The Hall–Kier alpha value is -0.623. The van der Waals surface area contributed by atoms with Crippen LogP contribution in [-0.4, -0.2) is 46.1 Å². The van der Waals surface area contributed by atoms with Gasteiger partial charge in [0.15, 0.2) is 0 Å². The zero-order valence-electron chi connectivity index (χ0n) is 13.1. The number of halogens is 2. The Balaban J connectivity index is 0.00000220. The number of rotatable bonds is 5.